The van der Waals surface area contributed by atoms with E-state index in [1.54, 1.807) is 33.7 Å². The zero-order chi connectivity index (χ0) is 23.4. The molecule has 0 radical (unpaired) electrons. The molecule has 4 rings (SSSR count). The first-order chi connectivity index (χ1) is 16.0. The van der Waals surface area contributed by atoms with E-state index in [2.05, 4.69) is 16.8 Å². The smallest absolute Gasteiger partial charge is 0.269 e. The van der Waals surface area contributed by atoms with E-state index in [1.165, 1.54) is 36.0 Å². The number of allylic oxidation sites excluding steroid dienone is 1. The van der Waals surface area contributed by atoms with Crippen molar-refractivity contribution in [2.24, 2.45) is 0 Å². The number of nitro groups is 1. The Morgan fingerprint density at radius 2 is 2.12 bits per heavy atom. The molecule has 1 aliphatic rings. The van der Waals surface area contributed by atoms with Crippen LogP contribution in [-0.2, 0) is 24.4 Å². The van der Waals surface area contributed by atoms with Gasteiger partial charge in [0.2, 0.25) is 5.91 Å². The van der Waals surface area contributed by atoms with Crippen molar-refractivity contribution in [3.63, 3.8) is 0 Å². The van der Waals surface area contributed by atoms with Gasteiger partial charge in [-0.15, -0.1) is 16.8 Å². The number of nitro benzene ring substituents is 1. The van der Waals surface area contributed by atoms with Crippen LogP contribution in [0.25, 0.3) is 0 Å². The molecule has 0 saturated heterocycles. The first kappa shape index (κ1) is 22.5. The molecule has 2 heterocycles. The standard InChI is InChI=1S/C22H20FN5O4S/c1-2-10-27-20(13-32-19-6-4-3-5-17(19)23)24-25-22(27)33-14-21(29)26-11-9-15-12-16(28(30)31)7-8-18(15)26/h2-8,12H,1,9-11,13-14H2. The van der Waals surface area contributed by atoms with Gasteiger partial charge in [0.05, 0.1) is 10.7 Å². The van der Waals surface area contributed by atoms with Crippen molar-refractivity contribution in [2.75, 3.05) is 17.2 Å². The van der Waals surface area contributed by atoms with Gasteiger partial charge in [-0.2, -0.15) is 0 Å². The highest BCUT2D eigenvalue weighted by atomic mass is 32.2. The van der Waals surface area contributed by atoms with E-state index in [4.69, 9.17) is 4.74 Å². The molecule has 0 N–H and O–H groups in total. The lowest BCUT2D eigenvalue weighted by Gasteiger charge is -2.17. The van der Waals surface area contributed by atoms with Gasteiger partial charge in [0.15, 0.2) is 22.5 Å². The van der Waals surface area contributed by atoms with E-state index in [0.717, 1.165) is 5.56 Å². The molecule has 0 aliphatic carbocycles. The number of carbonyl (C=O) groups is 1. The molecule has 0 saturated carbocycles. The van der Waals surface area contributed by atoms with Crippen molar-refractivity contribution in [3.05, 3.63) is 82.4 Å². The Balaban J connectivity index is 1.42. The second-order valence-electron chi connectivity index (χ2n) is 7.17. The van der Waals surface area contributed by atoms with Crippen LogP contribution in [0, 0.1) is 15.9 Å². The Labute approximate surface area is 193 Å². The van der Waals surface area contributed by atoms with Crippen LogP contribution in [0.4, 0.5) is 15.8 Å². The summed E-state index contributed by atoms with van der Waals surface area (Å²) < 4.78 is 21.1. The Bertz CT molecular complexity index is 1220. The first-order valence-corrected chi connectivity index (χ1v) is 11.1. The van der Waals surface area contributed by atoms with Gasteiger partial charge in [-0.1, -0.05) is 30.0 Å². The normalized spacial score (nSPS) is 12.5. The van der Waals surface area contributed by atoms with E-state index in [9.17, 15) is 19.3 Å². The van der Waals surface area contributed by atoms with Crippen LogP contribution in [0.2, 0.25) is 0 Å². The third-order valence-electron chi connectivity index (χ3n) is 5.09. The fourth-order valence-electron chi connectivity index (χ4n) is 3.51. The molecule has 11 heteroatoms. The van der Waals surface area contributed by atoms with Gasteiger partial charge in [0.25, 0.3) is 5.69 Å². The second-order valence-corrected chi connectivity index (χ2v) is 8.11. The summed E-state index contributed by atoms with van der Waals surface area (Å²) in [6, 6.07) is 10.6. The van der Waals surface area contributed by atoms with E-state index in [-0.39, 0.29) is 29.7 Å². The van der Waals surface area contributed by atoms with E-state index in [0.29, 0.717) is 36.2 Å². The van der Waals surface area contributed by atoms with Crippen molar-refractivity contribution in [2.45, 2.75) is 24.7 Å². The number of aromatic nitrogens is 3. The minimum Gasteiger partial charge on any atom is -0.483 e. The molecule has 0 bridgehead atoms. The number of carbonyl (C=O) groups excluding carboxylic acids is 1. The van der Waals surface area contributed by atoms with Crippen LogP contribution in [-0.4, -0.2) is 37.9 Å². The molecule has 9 nitrogen and oxygen atoms in total. The molecule has 0 fully saturated rings. The van der Waals surface area contributed by atoms with Gasteiger partial charge >= 0.3 is 0 Å². The number of non-ortho nitro benzene ring substituents is 1. The van der Waals surface area contributed by atoms with Gasteiger partial charge in [-0.25, -0.2) is 4.39 Å². The molecular formula is C22H20FN5O4S. The summed E-state index contributed by atoms with van der Waals surface area (Å²) >= 11 is 1.22. The number of hydrogen-bond acceptors (Lipinski definition) is 7. The van der Waals surface area contributed by atoms with Gasteiger partial charge in [0, 0.05) is 30.9 Å². The quantitative estimate of drug-likeness (QED) is 0.203. The van der Waals surface area contributed by atoms with E-state index in [1.807, 2.05) is 0 Å². The fraction of sp³-hybridized carbons (Fsp3) is 0.227. The number of nitrogens with zero attached hydrogens (tertiary/aromatic N) is 5. The van der Waals surface area contributed by atoms with Crippen molar-refractivity contribution in [1.82, 2.24) is 14.8 Å². The van der Waals surface area contributed by atoms with E-state index < -0.39 is 10.7 Å². The summed E-state index contributed by atoms with van der Waals surface area (Å²) in [5, 5.41) is 19.8. The minimum absolute atomic E-state index is 0.00849. The highest BCUT2D eigenvalue weighted by Gasteiger charge is 2.27. The first-order valence-electron chi connectivity index (χ1n) is 10.1. The largest absolute Gasteiger partial charge is 0.483 e. The van der Waals surface area contributed by atoms with Gasteiger partial charge in [-0.05, 0) is 30.2 Å². The number of ether oxygens (including phenoxy) is 1. The number of benzene rings is 2. The third-order valence-corrected chi connectivity index (χ3v) is 6.05. The molecule has 33 heavy (non-hydrogen) atoms. The predicted octanol–water partition coefficient (Wildman–Crippen LogP) is 3.77. The lowest BCUT2D eigenvalue weighted by molar-refractivity contribution is -0.384. The summed E-state index contributed by atoms with van der Waals surface area (Å²) in [5.41, 5.74) is 1.49. The third kappa shape index (κ3) is 4.87. The SMILES string of the molecule is C=CCn1c(COc2ccccc2F)nnc1SCC(=O)N1CCc2cc([N+](=O)[O-])ccc21. The molecule has 3 aromatic rings. The molecule has 1 amide bonds. The Morgan fingerprint density at radius 1 is 1.30 bits per heavy atom. The molecule has 0 spiro atoms. The lowest BCUT2D eigenvalue weighted by Crippen LogP contribution is -2.30. The summed E-state index contributed by atoms with van der Waals surface area (Å²) in [6.45, 7) is 4.62. The second kappa shape index (κ2) is 9.82. The molecule has 1 aromatic heterocycles. The number of para-hydroxylation sites is 1. The van der Waals surface area contributed by atoms with Gasteiger partial charge < -0.3 is 9.64 Å². The monoisotopic (exact) mass is 469 g/mol. The fourth-order valence-corrected chi connectivity index (χ4v) is 4.36. The Kier molecular flexibility index (Phi) is 6.68. The zero-order valence-corrected chi connectivity index (χ0v) is 18.3. The maximum atomic E-state index is 13.8. The molecule has 1 aliphatic heterocycles. The summed E-state index contributed by atoms with van der Waals surface area (Å²) in [7, 11) is 0. The molecule has 0 unspecified atom stereocenters. The number of amides is 1. The Morgan fingerprint density at radius 3 is 2.88 bits per heavy atom. The van der Waals surface area contributed by atoms with Crippen molar-refractivity contribution in [1.29, 1.82) is 0 Å². The minimum atomic E-state index is -0.469. The van der Waals surface area contributed by atoms with Gasteiger partial charge in [0.1, 0.15) is 6.61 Å². The van der Waals surface area contributed by atoms with Crippen LogP contribution >= 0.6 is 11.8 Å². The molecule has 0 atom stereocenters. The summed E-state index contributed by atoms with van der Waals surface area (Å²) in [5.74, 6) is 0.100. The number of anilines is 1. The zero-order valence-electron chi connectivity index (χ0n) is 17.5. The topological polar surface area (TPSA) is 103 Å². The lowest BCUT2D eigenvalue weighted by atomic mass is 10.1. The highest BCUT2D eigenvalue weighted by Crippen LogP contribution is 2.32. The van der Waals surface area contributed by atoms with E-state index >= 15 is 0 Å². The average molecular weight is 469 g/mol. The van der Waals surface area contributed by atoms with Crippen molar-refractivity contribution >= 4 is 29.0 Å². The van der Waals surface area contributed by atoms with Crippen molar-refractivity contribution in [3.8, 4) is 5.75 Å². The van der Waals surface area contributed by atoms with Crippen LogP contribution in [0.5, 0.6) is 5.75 Å². The maximum absolute atomic E-state index is 13.8. The molecule has 2 aromatic carbocycles. The van der Waals surface area contributed by atoms with Crippen molar-refractivity contribution < 1.29 is 18.8 Å². The van der Waals surface area contributed by atoms with Crippen LogP contribution < -0.4 is 9.64 Å². The average Bonchev–Trinajstić information content (AvgIpc) is 3.41. The summed E-state index contributed by atoms with van der Waals surface area (Å²) in [6.07, 6.45) is 2.24. The number of halogens is 1. The Hall–Kier alpha value is -3.73. The summed E-state index contributed by atoms with van der Waals surface area (Å²) in [4.78, 5) is 25.0. The molecular weight excluding hydrogens is 449 g/mol. The van der Waals surface area contributed by atoms with Crippen LogP contribution in [0.3, 0.4) is 0 Å². The van der Waals surface area contributed by atoms with Crippen LogP contribution in [0.15, 0.2) is 60.3 Å². The van der Waals surface area contributed by atoms with Crippen LogP contribution in [0.1, 0.15) is 11.4 Å². The van der Waals surface area contributed by atoms with Gasteiger partial charge in [-0.3, -0.25) is 19.5 Å². The number of thioether (sulfide) groups is 1. The maximum Gasteiger partial charge on any atom is 0.269 e. The highest BCUT2D eigenvalue weighted by molar-refractivity contribution is 7.99. The number of rotatable bonds is 9. The number of hydrogen-bond donors (Lipinski definition) is 0. The molecule has 170 valence electrons. The number of fused-ring (bicyclic) bond motifs is 1. The predicted molar refractivity (Wildman–Crippen MR) is 121 cm³/mol.